The minimum atomic E-state index is -2.09. The van der Waals surface area contributed by atoms with E-state index in [1.807, 2.05) is 0 Å². The molecule has 0 aromatic heterocycles. The summed E-state index contributed by atoms with van der Waals surface area (Å²) >= 11 is 0. The highest BCUT2D eigenvalue weighted by molar-refractivity contribution is 6.27. The van der Waals surface area contributed by atoms with Gasteiger partial charge in [-0.3, -0.25) is 4.79 Å². The van der Waals surface area contributed by atoms with Crippen molar-refractivity contribution in [3.05, 3.63) is 42.0 Å². The van der Waals surface area contributed by atoms with Crippen molar-refractivity contribution in [3.8, 4) is 0 Å². The maximum atomic E-state index is 11.8. The van der Waals surface area contributed by atoms with Crippen LogP contribution in [-0.2, 0) is 4.79 Å². The molecule has 0 bridgehead atoms. The fourth-order valence-electron chi connectivity index (χ4n) is 1.75. The third-order valence-electron chi connectivity index (χ3n) is 2.78. The first-order valence-corrected chi connectivity index (χ1v) is 4.93. The van der Waals surface area contributed by atoms with Crippen LogP contribution in [0.15, 0.2) is 36.4 Å². The normalized spacial score (nSPS) is 29.3. The SMILES string of the molecule is O=C1C(c2ccccc2)=C[C@@H](O)[C@]1(O)CO. The van der Waals surface area contributed by atoms with E-state index in [0.29, 0.717) is 5.56 Å². The fraction of sp³-hybridized carbons (Fsp3) is 0.250. The van der Waals surface area contributed by atoms with E-state index in [0.717, 1.165) is 0 Å². The monoisotopic (exact) mass is 220 g/mol. The molecule has 1 aliphatic carbocycles. The number of carbonyl (C=O) groups is 1. The highest BCUT2D eigenvalue weighted by Crippen LogP contribution is 2.31. The number of hydrogen-bond acceptors (Lipinski definition) is 4. The molecule has 16 heavy (non-hydrogen) atoms. The quantitative estimate of drug-likeness (QED) is 0.641. The molecule has 4 nitrogen and oxygen atoms in total. The smallest absolute Gasteiger partial charge is 0.200 e. The standard InChI is InChI=1S/C12H12O4/c13-7-12(16)10(14)6-9(11(12)15)8-4-2-1-3-5-8/h1-6,10,13-14,16H,7H2/t10-,12-/m1/s1. The molecule has 1 aliphatic rings. The van der Waals surface area contributed by atoms with Crippen LogP contribution in [0, 0.1) is 0 Å². The molecular formula is C12H12O4. The van der Waals surface area contributed by atoms with Gasteiger partial charge >= 0.3 is 0 Å². The average Bonchev–Trinajstić information content (AvgIpc) is 2.55. The number of ketones is 1. The van der Waals surface area contributed by atoms with Crippen LogP contribution >= 0.6 is 0 Å². The Bertz CT molecular complexity index is 438. The van der Waals surface area contributed by atoms with Gasteiger partial charge in [0.05, 0.1) is 6.61 Å². The lowest BCUT2D eigenvalue weighted by atomic mass is 9.95. The number of hydrogen-bond donors (Lipinski definition) is 3. The molecule has 3 N–H and O–H groups in total. The summed E-state index contributed by atoms with van der Waals surface area (Å²) in [5.41, 5.74) is -1.23. The van der Waals surface area contributed by atoms with Crippen LogP contribution in [0.5, 0.6) is 0 Å². The first kappa shape index (κ1) is 11.0. The molecule has 0 aliphatic heterocycles. The van der Waals surface area contributed by atoms with Crippen LogP contribution in [0.3, 0.4) is 0 Å². The van der Waals surface area contributed by atoms with Crippen LogP contribution in [-0.4, -0.2) is 39.4 Å². The summed E-state index contributed by atoms with van der Waals surface area (Å²) in [6, 6.07) is 8.73. The van der Waals surface area contributed by atoms with E-state index in [4.69, 9.17) is 5.11 Å². The Morgan fingerprint density at radius 1 is 1.25 bits per heavy atom. The summed E-state index contributed by atoms with van der Waals surface area (Å²) in [5.74, 6) is -0.645. The molecule has 0 unspecified atom stereocenters. The molecule has 0 radical (unpaired) electrons. The van der Waals surface area contributed by atoms with E-state index in [1.165, 1.54) is 6.08 Å². The van der Waals surface area contributed by atoms with Gasteiger partial charge < -0.3 is 15.3 Å². The zero-order valence-corrected chi connectivity index (χ0v) is 8.50. The van der Waals surface area contributed by atoms with Gasteiger partial charge in [0.15, 0.2) is 11.4 Å². The minimum absolute atomic E-state index is 0.240. The van der Waals surface area contributed by atoms with Gasteiger partial charge in [-0.15, -0.1) is 0 Å². The van der Waals surface area contributed by atoms with Crippen molar-refractivity contribution in [1.29, 1.82) is 0 Å². The largest absolute Gasteiger partial charge is 0.393 e. The molecule has 84 valence electrons. The Balaban J connectivity index is 2.40. The van der Waals surface area contributed by atoms with Crippen molar-refractivity contribution in [2.24, 2.45) is 0 Å². The minimum Gasteiger partial charge on any atom is -0.393 e. The number of aliphatic hydroxyl groups excluding tert-OH is 2. The molecule has 0 saturated carbocycles. The van der Waals surface area contributed by atoms with E-state index in [1.54, 1.807) is 30.3 Å². The highest BCUT2D eigenvalue weighted by Gasteiger charge is 2.48. The molecule has 0 heterocycles. The summed E-state index contributed by atoms with van der Waals surface area (Å²) in [5, 5.41) is 28.3. The molecule has 1 aromatic rings. The van der Waals surface area contributed by atoms with Gasteiger partial charge in [-0.2, -0.15) is 0 Å². The van der Waals surface area contributed by atoms with Crippen molar-refractivity contribution >= 4 is 11.4 Å². The summed E-state index contributed by atoms with van der Waals surface area (Å²) in [7, 11) is 0. The number of rotatable bonds is 2. The lowest BCUT2D eigenvalue weighted by Gasteiger charge is -2.22. The first-order valence-electron chi connectivity index (χ1n) is 4.93. The number of aliphatic hydroxyl groups is 3. The molecule has 0 spiro atoms. The van der Waals surface area contributed by atoms with Crippen molar-refractivity contribution in [2.45, 2.75) is 11.7 Å². The fourth-order valence-corrected chi connectivity index (χ4v) is 1.75. The van der Waals surface area contributed by atoms with Crippen LogP contribution in [0.1, 0.15) is 5.56 Å². The summed E-state index contributed by atoms with van der Waals surface area (Å²) < 4.78 is 0. The second kappa shape index (κ2) is 3.83. The van der Waals surface area contributed by atoms with E-state index in [9.17, 15) is 15.0 Å². The second-order valence-corrected chi connectivity index (χ2v) is 3.80. The van der Waals surface area contributed by atoms with Crippen molar-refractivity contribution in [1.82, 2.24) is 0 Å². The van der Waals surface area contributed by atoms with Crippen molar-refractivity contribution in [2.75, 3.05) is 6.61 Å². The molecule has 0 amide bonds. The molecule has 1 aromatic carbocycles. The zero-order valence-electron chi connectivity index (χ0n) is 8.50. The predicted molar refractivity (Wildman–Crippen MR) is 57.5 cm³/mol. The first-order chi connectivity index (χ1) is 7.59. The Morgan fingerprint density at radius 3 is 2.38 bits per heavy atom. The third kappa shape index (κ3) is 1.48. The van der Waals surface area contributed by atoms with Gasteiger partial charge in [0.25, 0.3) is 0 Å². The lowest BCUT2D eigenvalue weighted by molar-refractivity contribution is -0.143. The molecule has 2 atom stereocenters. The summed E-state index contributed by atoms with van der Waals surface area (Å²) in [4.78, 5) is 11.8. The summed E-state index contributed by atoms with van der Waals surface area (Å²) in [6.45, 7) is -0.792. The molecule has 0 saturated heterocycles. The van der Waals surface area contributed by atoms with Gasteiger partial charge in [-0.1, -0.05) is 30.3 Å². The van der Waals surface area contributed by atoms with E-state index in [2.05, 4.69) is 0 Å². The third-order valence-corrected chi connectivity index (χ3v) is 2.78. The van der Waals surface area contributed by atoms with E-state index < -0.39 is 24.1 Å². The van der Waals surface area contributed by atoms with Crippen LogP contribution < -0.4 is 0 Å². The maximum Gasteiger partial charge on any atom is 0.200 e. The van der Waals surface area contributed by atoms with Gasteiger partial charge in [-0.25, -0.2) is 0 Å². The van der Waals surface area contributed by atoms with Gasteiger partial charge in [-0.05, 0) is 11.6 Å². The lowest BCUT2D eigenvalue weighted by Crippen LogP contribution is -2.48. The van der Waals surface area contributed by atoms with E-state index in [-0.39, 0.29) is 5.57 Å². The van der Waals surface area contributed by atoms with Crippen LogP contribution in [0.2, 0.25) is 0 Å². The van der Waals surface area contributed by atoms with Crippen molar-refractivity contribution in [3.63, 3.8) is 0 Å². The molecule has 4 heteroatoms. The zero-order chi connectivity index (χ0) is 11.8. The van der Waals surface area contributed by atoms with Crippen LogP contribution in [0.25, 0.3) is 5.57 Å². The van der Waals surface area contributed by atoms with Crippen LogP contribution in [0.4, 0.5) is 0 Å². The number of carbonyl (C=O) groups excluding carboxylic acids is 1. The highest BCUT2D eigenvalue weighted by atomic mass is 16.4. The number of benzene rings is 1. The average molecular weight is 220 g/mol. The predicted octanol–water partition coefficient (Wildman–Crippen LogP) is -0.263. The Morgan fingerprint density at radius 2 is 1.88 bits per heavy atom. The van der Waals surface area contributed by atoms with Gasteiger partial charge in [0.2, 0.25) is 0 Å². The summed E-state index contributed by atoms with van der Waals surface area (Å²) in [6.07, 6.45) is -0.0892. The molecule has 0 fully saturated rings. The maximum absolute atomic E-state index is 11.8. The molecule has 2 rings (SSSR count). The Labute approximate surface area is 92.5 Å². The van der Waals surface area contributed by atoms with Gasteiger partial charge in [0, 0.05) is 5.57 Å². The second-order valence-electron chi connectivity index (χ2n) is 3.80. The number of Topliss-reactive ketones (excluding diaryl/α,β-unsaturated/α-hetero) is 1. The Kier molecular flexibility index (Phi) is 2.63. The topological polar surface area (TPSA) is 77.8 Å². The Hall–Kier alpha value is -1.49. The van der Waals surface area contributed by atoms with Crippen molar-refractivity contribution < 1.29 is 20.1 Å². The molecular weight excluding hydrogens is 208 g/mol. The van der Waals surface area contributed by atoms with E-state index >= 15 is 0 Å². The van der Waals surface area contributed by atoms with Gasteiger partial charge in [0.1, 0.15) is 6.10 Å².